The predicted molar refractivity (Wildman–Crippen MR) is 111 cm³/mol. The monoisotopic (exact) mass is 431 g/mol. The molecule has 9 nitrogen and oxygen atoms in total. The van der Waals surface area contributed by atoms with Gasteiger partial charge in [-0.15, -0.1) is 0 Å². The maximum absolute atomic E-state index is 14.7. The van der Waals surface area contributed by atoms with Gasteiger partial charge in [-0.25, -0.2) is 23.5 Å². The lowest BCUT2D eigenvalue weighted by Crippen LogP contribution is -2.50. The fourth-order valence-corrected chi connectivity index (χ4v) is 3.49. The number of nitrogens with one attached hydrogen (secondary N) is 4. The van der Waals surface area contributed by atoms with E-state index in [0.717, 1.165) is 25.3 Å². The molecular formula is C20H23F2N7O2. The SMILES string of the molecule is CNc1ncc(Nc2nc(N[C@H](C3CCC3)[C@H](C)NC(=O)O)c(F)cc2C#N)cc1F. The van der Waals surface area contributed by atoms with Crippen molar-refractivity contribution < 1.29 is 18.7 Å². The number of rotatable bonds is 8. The number of anilines is 4. The average Bonchev–Trinajstić information content (AvgIpc) is 2.67. The Morgan fingerprint density at radius 1 is 1.26 bits per heavy atom. The molecule has 0 saturated heterocycles. The molecule has 0 aliphatic heterocycles. The van der Waals surface area contributed by atoms with E-state index in [1.54, 1.807) is 6.92 Å². The molecule has 1 fully saturated rings. The fourth-order valence-electron chi connectivity index (χ4n) is 3.49. The summed E-state index contributed by atoms with van der Waals surface area (Å²) >= 11 is 0. The van der Waals surface area contributed by atoms with Gasteiger partial charge in [0.05, 0.1) is 23.5 Å². The Kier molecular flexibility index (Phi) is 6.69. The normalized spacial score (nSPS) is 15.2. The average molecular weight is 431 g/mol. The minimum atomic E-state index is -1.17. The molecule has 0 unspecified atom stereocenters. The van der Waals surface area contributed by atoms with Crippen LogP contribution in [0.25, 0.3) is 0 Å². The van der Waals surface area contributed by atoms with Gasteiger partial charge in [0.15, 0.2) is 29.1 Å². The molecule has 31 heavy (non-hydrogen) atoms. The van der Waals surface area contributed by atoms with E-state index in [-0.39, 0.29) is 40.7 Å². The topological polar surface area (TPSA) is 135 Å². The number of nitriles is 1. The first-order valence-corrected chi connectivity index (χ1v) is 9.79. The van der Waals surface area contributed by atoms with E-state index >= 15 is 0 Å². The van der Waals surface area contributed by atoms with E-state index in [1.807, 2.05) is 6.07 Å². The lowest BCUT2D eigenvalue weighted by atomic mass is 9.77. The lowest BCUT2D eigenvalue weighted by Gasteiger charge is -2.38. The highest BCUT2D eigenvalue weighted by Crippen LogP contribution is 2.33. The van der Waals surface area contributed by atoms with E-state index in [9.17, 15) is 18.8 Å². The Bertz CT molecular complexity index is 1010. The lowest BCUT2D eigenvalue weighted by molar-refractivity contribution is 0.180. The van der Waals surface area contributed by atoms with Crippen LogP contribution in [-0.4, -0.2) is 40.3 Å². The number of halogens is 2. The number of aromatic nitrogens is 2. The second-order valence-electron chi connectivity index (χ2n) is 7.36. The van der Waals surface area contributed by atoms with Crippen molar-refractivity contribution >= 4 is 29.2 Å². The zero-order chi connectivity index (χ0) is 22.5. The molecule has 5 N–H and O–H groups in total. The first-order chi connectivity index (χ1) is 14.8. The Labute approximate surface area is 177 Å². The molecule has 2 aromatic heterocycles. The largest absolute Gasteiger partial charge is 0.465 e. The van der Waals surface area contributed by atoms with E-state index in [4.69, 9.17) is 5.11 Å². The summed E-state index contributed by atoms with van der Waals surface area (Å²) in [5.41, 5.74) is 0.160. The van der Waals surface area contributed by atoms with Crippen molar-refractivity contribution in [2.75, 3.05) is 23.0 Å². The first-order valence-electron chi connectivity index (χ1n) is 9.79. The molecule has 0 aromatic carbocycles. The quantitative estimate of drug-likeness (QED) is 0.427. The predicted octanol–water partition coefficient (Wildman–Crippen LogP) is 3.65. The van der Waals surface area contributed by atoms with Crippen LogP contribution < -0.4 is 21.3 Å². The van der Waals surface area contributed by atoms with Crippen LogP contribution in [0.5, 0.6) is 0 Å². The molecule has 1 amide bonds. The second-order valence-corrected chi connectivity index (χ2v) is 7.36. The number of hydrogen-bond acceptors (Lipinski definition) is 7. The smallest absolute Gasteiger partial charge is 0.404 e. The van der Waals surface area contributed by atoms with Gasteiger partial charge < -0.3 is 26.4 Å². The van der Waals surface area contributed by atoms with Gasteiger partial charge >= 0.3 is 6.09 Å². The molecule has 0 radical (unpaired) electrons. The molecule has 1 aliphatic carbocycles. The first kappa shape index (κ1) is 22.0. The van der Waals surface area contributed by atoms with Crippen molar-refractivity contribution in [3.8, 4) is 6.07 Å². The van der Waals surface area contributed by atoms with Gasteiger partial charge in [-0.1, -0.05) is 6.42 Å². The van der Waals surface area contributed by atoms with E-state index in [0.29, 0.717) is 0 Å². The highest BCUT2D eigenvalue weighted by molar-refractivity contribution is 5.66. The zero-order valence-electron chi connectivity index (χ0n) is 17.0. The number of carboxylic acid groups (broad SMARTS) is 1. The van der Waals surface area contributed by atoms with Gasteiger partial charge in [-0.3, -0.25) is 0 Å². The molecule has 1 aliphatic rings. The Morgan fingerprint density at radius 3 is 2.52 bits per heavy atom. The minimum absolute atomic E-state index is 0.0241. The van der Waals surface area contributed by atoms with Gasteiger partial charge in [0.1, 0.15) is 6.07 Å². The third kappa shape index (κ3) is 5.09. The molecule has 1 saturated carbocycles. The molecule has 11 heteroatoms. The summed E-state index contributed by atoms with van der Waals surface area (Å²) in [7, 11) is 1.53. The summed E-state index contributed by atoms with van der Waals surface area (Å²) in [4.78, 5) is 19.2. The minimum Gasteiger partial charge on any atom is -0.465 e. The number of nitrogens with zero attached hydrogens (tertiary/aromatic N) is 3. The van der Waals surface area contributed by atoms with Gasteiger partial charge in [0.25, 0.3) is 0 Å². The number of pyridine rings is 2. The summed E-state index contributed by atoms with van der Waals surface area (Å²) in [6.07, 6.45) is 2.96. The van der Waals surface area contributed by atoms with Crippen LogP contribution in [0.4, 0.5) is 36.7 Å². The standard InChI is InChI=1S/C20H23F2N7O2/c1-10(26-20(30)31)16(11-4-3-5-11)28-19-14(21)6-12(8-23)17(29-19)27-13-7-15(22)18(24-2)25-9-13/h6-7,9-11,16,26H,3-5H2,1-2H3,(H,24,25)(H,30,31)(H2,27,28,29)/t10-,16-/m0/s1. The number of hydrogen-bond donors (Lipinski definition) is 5. The maximum atomic E-state index is 14.7. The van der Waals surface area contributed by atoms with Crippen LogP contribution in [0, 0.1) is 28.9 Å². The molecule has 2 aromatic rings. The number of carbonyl (C=O) groups is 1. The molecule has 3 rings (SSSR count). The van der Waals surface area contributed by atoms with Crippen LogP contribution in [0.15, 0.2) is 18.3 Å². The van der Waals surface area contributed by atoms with Gasteiger partial charge in [0, 0.05) is 19.2 Å². The van der Waals surface area contributed by atoms with Gasteiger partial charge in [-0.05, 0) is 31.7 Å². The fraction of sp³-hybridized carbons (Fsp3) is 0.400. The van der Waals surface area contributed by atoms with E-state index in [2.05, 4.69) is 31.2 Å². The van der Waals surface area contributed by atoms with Crippen molar-refractivity contribution in [3.05, 3.63) is 35.5 Å². The summed E-state index contributed by atoms with van der Waals surface area (Å²) in [6.45, 7) is 1.70. The van der Waals surface area contributed by atoms with Gasteiger partial charge in [-0.2, -0.15) is 5.26 Å². The maximum Gasteiger partial charge on any atom is 0.404 e. The van der Waals surface area contributed by atoms with Crippen molar-refractivity contribution in [1.82, 2.24) is 15.3 Å². The second kappa shape index (κ2) is 9.42. The molecule has 0 spiro atoms. The molecule has 2 atom stereocenters. The van der Waals surface area contributed by atoms with Crippen molar-refractivity contribution in [3.63, 3.8) is 0 Å². The summed E-state index contributed by atoms with van der Waals surface area (Å²) < 4.78 is 28.7. The Hall–Kier alpha value is -3.68. The van der Waals surface area contributed by atoms with Gasteiger partial charge in [0.2, 0.25) is 0 Å². The third-order valence-electron chi connectivity index (χ3n) is 5.29. The van der Waals surface area contributed by atoms with Crippen molar-refractivity contribution in [1.29, 1.82) is 5.26 Å². The summed E-state index contributed by atoms with van der Waals surface area (Å²) in [6, 6.07) is 3.17. The van der Waals surface area contributed by atoms with Crippen LogP contribution in [0.1, 0.15) is 31.7 Å². The molecular weight excluding hydrogens is 408 g/mol. The highest BCUT2D eigenvalue weighted by Gasteiger charge is 2.33. The highest BCUT2D eigenvalue weighted by atomic mass is 19.1. The summed E-state index contributed by atoms with van der Waals surface area (Å²) in [5.74, 6) is -1.24. The molecule has 0 bridgehead atoms. The number of amides is 1. The van der Waals surface area contributed by atoms with E-state index in [1.165, 1.54) is 19.3 Å². The zero-order valence-corrected chi connectivity index (χ0v) is 17.0. The third-order valence-corrected chi connectivity index (χ3v) is 5.29. The van der Waals surface area contributed by atoms with Crippen LogP contribution in [-0.2, 0) is 0 Å². The van der Waals surface area contributed by atoms with Crippen molar-refractivity contribution in [2.45, 2.75) is 38.3 Å². The molecule has 164 valence electrons. The van der Waals surface area contributed by atoms with Crippen LogP contribution >= 0.6 is 0 Å². The van der Waals surface area contributed by atoms with Crippen molar-refractivity contribution in [2.24, 2.45) is 5.92 Å². The van der Waals surface area contributed by atoms with Crippen LogP contribution in [0.2, 0.25) is 0 Å². The Balaban J connectivity index is 1.89. The summed E-state index contributed by atoms with van der Waals surface area (Å²) in [5, 5.41) is 29.2. The van der Waals surface area contributed by atoms with Crippen LogP contribution in [0.3, 0.4) is 0 Å². The Morgan fingerprint density at radius 2 is 1.97 bits per heavy atom. The van der Waals surface area contributed by atoms with E-state index < -0.39 is 23.8 Å². The molecule has 2 heterocycles.